The second kappa shape index (κ2) is 5.84. The van der Waals surface area contributed by atoms with E-state index >= 15 is 0 Å². The number of hydrogen-bond acceptors (Lipinski definition) is 4. The number of aromatic nitrogens is 3. The Morgan fingerprint density at radius 2 is 1.75 bits per heavy atom. The second-order valence-electron chi connectivity index (χ2n) is 4.93. The number of anilines is 3. The Balaban J connectivity index is 2.02. The van der Waals surface area contributed by atoms with Crippen LogP contribution in [0.1, 0.15) is 5.56 Å². The summed E-state index contributed by atoms with van der Waals surface area (Å²) in [5.41, 5.74) is 4.86. The van der Waals surface area contributed by atoms with Crippen LogP contribution in [0.5, 0.6) is 0 Å². The Bertz CT molecular complexity index is 855. The molecule has 4 N–H and O–H groups in total. The molecule has 3 aromatic rings. The van der Waals surface area contributed by atoms with Gasteiger partial charge in [0.2, 0.25) is 11.9 Å². The van der Waals surface area contributed by atoms with Crippen LogP contribution in [0.4, 0.5) is 35.1 Å². The van der Waals surface area contributed by atoms with Gasteiger partial charge in [-0.2, -0.15) is 18.2 Å². The quantitative estimate of drug-likeness (QED) is 0.632. The summed E-state index contributed by atoms with van der Waals surface area (Å²) in [4.78, 5) is 3.77. The zero-order valence-electron chi connectivity index (χ0n) is 12.0. The van der Waals surface area contributed by atoms with Crippen LogP contribution in [-0.4, -0.2) is 15.2 Å². The first kappa shape index (κ1) is 15.8. The van der Waals surface area contributed by atoms with E-state index in [1.54, 1.807) is 0 Å². The first-order valence-corrected chi connectivity index (χ1v) is 6.75. The number of alkyl halides is 3. The number of H-pyrrole nitrogens is 1. The maximum atomic E-state index is 13.4. The van der Waals surface area contributed by atoms with Gasteiger partial charge in [0, 0.05) is 5.69 Å². The van der Waals surface area contributed by atoms with Gasteiger partial charge in [-0.3, -0.25) is 0 Å². The minimum absolute atomic E-state index is 0.0384. The summed E-state index contributed by atoms with van der Waals surface area (Å²) in [7, 11) is 0. The number of nitrogens with one attached hydrogen (secondary N) is 2. The largest absolute Gasteiger partial charge is 0.417 e. The molecule has 1 aromatic heterocycles. The van der Waals surface area contributed by atoms with E-state index in [4.69, 9.17) is 5.73 Å². The van der Waals surface area contributed by atoms with Gasteiger partial charge in [0.05, 0.1) is 5.56 Å². The molecule has 0 aliphatic carbocycles. The Labute approximate surface area is 133 Å². The van der Waals surface area contributed by atoms with Crippen molar-refractivity contribution in [1.29, 1.82) is 0 Å². The number of rotatable bonds is 3. The third-order valence-corrected chi connectivity index (χ3v) is 3.24. The minimum atomic E-state index is -4.58. The van der Waals surface area contributed by atoms with Crippen molar-refractivity contribution in [2.45, 2.75) is 6.18 Å². The smallest absolute Gasteiger partial charge is 0.368 e. The first-order valence-electron chi connectivity index (χ1n) is 6.75. The number of aromatic amines is 1. The van der Waals surface area contributed by atoms with Gasteiger partial charge in [-0.25, -0.2) is 9.49 Å². The fraction of sp³-hybridized carbons (Fsp3) is 0.0667. The summed E-state index contributed by atoms with van der Waals surface area (Å²) >= 11 is 0. The highest BCUT2D eigenvalue weighted by atomic mass is 19.4. The molecule has 0 bridgehead atoms. The lowest BCUT2D eigenvalue weighted by Crippen LogP contribution is -2.08. The summed E-state index contributed by atoms with van der Waals surface area (Å²) < 4.78 is 53.1. The zero-order chi connectivity index (χ0) is 17.3. The Kier molecular flexibility index (Phi) is 3.84. The highest BCUT2D eigenvalue weighted by Crippen LogP contribution is 2.39. The summed E-state index contributed by atoms with van der Waals surface area (Å²) in [6, 6.07) is 8.49. The lowest BCUT2D eigenvalue weighted by atomic mass is 9.98. The third-order valence-electron chi connectivity index (χ3n) is 3.24. The number of hydrogen-bond donors (Lipinski definition) is 3. The van der Waals surface area contributed by atoms with Gasteiger partial charge in [0.25, 0.3) is 0 Å². The fourth-order valence-electron chi connectivity index (χ4n) is 2.20. The maximum absolute atomic E-state index is 13.4. The molecule has 5 nitrogen and oxygen atoms in total. The predicted molar refractivity (Wildman–Crippen MR) is 80.9 cm³/mol. The molecule has 0 fully saturated rings. The van der Waals surface area contributed by atoms with Crippen LogP contribution in [0.15, 0.2) is 42.5 Å². The van der Waals surface area contributed by atoms with Gasteiger partial charge < -0.3 is 11.1 Å². The van der Waals surface area contributed by atoms with Crippen LogP contribution in [-0.2, 0) is 6.18 Å². The van der Waals surface area contributed by atoms with E-state index in [0.29, 0.717) is 0 Å². The van der Waals surface area contributed by atoms with Gasteiger partial charge in [0.1, 0.15) is 5.82 Å². The van der Waals surface area contributed by atoms with Crippen LogP contribution in [0, 0.1) is 5.82 Å². The second-order valence-corrected chi connectivity index (χ2v) is 4.93. The topological polar surface area (TPSA) is 79.6 Å². The van der Waals surface area contributed by atoms with Crippen molar-refractivity contribution >= 4 is 17.6 Å². The van der Waals surface area contributed by atoms with Crippen molar-refractivity contribution in [2.75, 3.05) is 11.1 Å². The molecule has 24 heavy (non-hydrogen) atoms. The molecule has 0 unspecified atom stereocenters. The van der Waals surface area contributed by atoms with Crippen molar-refractivity contribution in [2.24, 2.45) is 0 Å². The summed E-state index contributed by atoms with van der Waals surface area (Å²) in [6.07, 6.45) is -4.58. The van der Waals surface area contributed by atoms with Gasteiger partial charge in [-0.15, -0.1) is 5.10 Å². The minimum Gasteiger partial charge on any atom is -0.368 e. The van der Waals surface area contributed by atoms with E-state index in [1.807, 2.05) is 0 Å². The van der Waals surface area contributed by atoms with Gasteiger partial charge in [0.15, 0.2) is 0 Å². The Hall–Kier alpha value is -3.10. The highest BCUT2D eigenvalue weighted by molar-refractivity contribution is 5.72. The molecule has 0 aliphatic rings. The number of nitrogens with two attached hydrogens (primary N) is 1. The van der Waals surface area contributed by atoms with Gasteiger partial charge >= 0.3 is 6.18 Å². The van der Waals surface area contributed by atoms with E-state index in [9.17, 15) is 17.6 Å². The van der Waals surface area contributed by atoms with E-state index in [0.717, 1.165) is 18.2 Å². The van der Waals surface area contributed by atoms with E-state index in [2.05, 4.69) is 20.5 Å². The molecular weight excluding hydrogens is 326 g/mol. The Morgan fingerprint density at radius 1 is 1.04 bits per heavy atom. The van der Waals surface area contributed by atoms with Crippen molar-refractivity contribution in [3.63, 3.8) is 0 Å². The molecule has 2 aromatic carbocycles. The number of halogens is 4. The summed E-state index contributed by atoms with van der Waals surface area (Å²) in [5.74, 6) is -0.431. The van der Waals surface area contributed by atoms with Crippen LogP contribution in [0.3, 0.4) is 0 Å². The average Bonchev–Trinajstić information content (AvgIpc) is 2.92. The Morgan fingerprint density at radius 3 is 2.33 bits per heavy atom. The van der Waals surface area contributed by atoms with Crippen LogP contribution in [0.2, 0.25) is 0 Å². The molecule has 124 valence electrons. The SMILES string of the molecule is Nc1nc(Nc2ccc(-c3ccc(F)cc3)c(C(F)(F)F)c2)n[nH]1. The summed E-state index contributed by atoms with van der Waals surface area (Å²) in [5, 5.41) is 8.70. The van der Waals surface area contributed by atoms with Crippen molar-refractivity contribution in [3.8, 4) is 11.1 Å². The van der Waals surface area contributed by atoms with Crippen molar-refractivity contribution in [1.82, 2.24) is 15.2 Å². The highest BCUT2D eigenvalue weighted by Gasteiger charge is 2.34. The molecule has 0 spiro atoms. The molecule has 0 atom stereocenters. The van der Waals surface area contributed by atoms with Crippen LogP contribution in [0.25, 0.3) is 11.1 Å². The average molecular weight is 337 g/mol. The predicted octanol–water partition coefficient (Wildman–Crippen LogP) is 3.96. The van der Waals surface area contributed by atoms with E-state index in [1.165, 1.54) is 24.3 Å². The van der Waals surface area contributed by atoms with Crippen LogP contribution < -0.4 is 11.1 Å². The van der Waals surface area contributed by atoms with Gasteiger partial charge in [-0.1, -0.05) is 18.2 Å². The van der Waals surface area contributed by atoms with Crippen molar-refractivity contribution < 1.29 is 17.6 Å². The van der Waals surface area contributed by atoms with E-state index in [-0.39, 0.29) is 28.7 Å². The lowest BCUT2D eigenvalue weighted by Gasteiger charge is -2.15. The number of nitrogen functional groups attached to an aromatic ring is 1. The molecular formula is C15H11F4N5. The fourth-order valence-corrected chi connectivity index (χ4v) is 2.20. The number of benzene rings is 2. The number of nitrogens with zero attached hydrogens (tertiary/aromatic N) is 2. The molecule has 0 aliphatic heterocycles. The first-order chi connectivity index (χ1) is 11.3. The third kappa shape index (κ3) is 3.29. The molecule has 9 heteroatoms. The molecule has 0 saturated heterocycles. The van der Waals surface area contributed by atoms with Crippen LogP contribution >= 0.6 is 0 Å². The molecule has 1 heterocycles. The monoisotopic (exact) mass is 337 g/mol. The zero-order valence-corrected chi connectivity index (χ0v) is 12.0. The molecule has 3 rings (SSSR count). The molecule has 0 radical (unpaired) electrons. The van der Waals surface area contributed by atoms with Gasteiger partial charge in [-0.05, 0) is 35.4 Å². The lowest BCUT2D eigenvalue weighted by molar-refractivity contribution is -0.137. The molecule has 0 amide bonds. The maximum Gasteiger partial charge on any atom is 0.417 e. The van der Waals surface area contributed by atoms with Crippen molar-refractivity contribution in [3.05, 3.63) is 53.8 Å². The molecule has 0 saturated carbocycles. The standard InChI is InChI=1S/C15H11F4N5/c16-9-3-1-8(2-4-9)11-6-5-10(7-12(11)15(17,18)19)21-14-22-13(20)23-24-14/h1-7H,(H4,20,21,22,23,24). The van der Waals surface area contributed by atoms with E-state index < -0.39 is 17.6 Å². The normalized spacial score (nSPS) is 11.5. The summed E-state index contributed by atoms with van der Waals surface area (Å²) in [6.45, 7) is 0.